The topological polar surface area (TPSA) is 0 Å². The van der Waals surface area contributed by atoms with Gasteiger partial charge < -0.3 is 0 Å². The largest absolute Gasteiger partial charge is 0.103 e. The van der Waals surface area contributed by atoms with Gasteiger partial charge in [0.1, 0.15) is 0 Å². The third kappa shape index (κ3) is 15.3. The molecule has 0 fully saturated rings. The van der Waals surface area contributed by atoms with Crippen LogP contribution in [0.25, 0.3) is 0 Å². The van der Waals surface area contributed by atoms with Crippen molar-refractivity contribution in [2.45, 2.75) is 64.7 Å². The molecule has 0 unspecified atom stereocenters. The van der Waals surface area contributed by atoms with Gasteiger partial charge >= 0.3 is 0 Å². The molecule has 0 heterocycles. The molecule has 0 aliphatic heterocycles. The van der Waals surface area contributed by atoms with Gasteiger partial charge in [-0.2, -0.15) is 0 Å². The van der Waals surface area contributed by atoms with Crippen LogP contribution in [0.5, 0.6) is 0 Å². The molecular formula is C12H24Te. The Balaban J connectivity index is 0. The average molecular weight is 296 g/mol. The Labute approximate surface area is 101 Å². The normalized spacial score (nSPS) is 9.31. The van der Waals surface area contributed by atoms with E-state index in [1.165, 1.54) is 57.8 Å². The van der Waals surface area contributed by atoms with Gasteiger partial charge in [0.05, 0.1) is 0 Å². The monoisotopic (exact) mass is 298 g/mol. The van der Waals surface area contributed by atoms with Gasteiger partial charge in [-0.15, -0.1) is 6.58 Å². The van der Waals surface area contributed by atoms with Crippen molar-refractivity contribution in [2.75, 3.05) is 0 Å². The molecule has 0 aromatic rings. The molecule has 0 saturated carbocycles. The van der Waals surface area contributed by atoms with Crippen molar-refractivity contribution in [3.63, 3.8) is 0 Å². The van der Waals surface area contributed by atoms with E-state index in [4.69, 9.17) is 0 Å². The van der Waals surface area contributed by atoms with Gasteiger partial charge in [0, 0.05) is 23.7 Å². The molecule has 0 bridgehead atoms. The van der Waals surface area contributed by atoms with E-state index in [9.17, 15) is 0 Å². The molecule has 0 aliphatic carbocycles. The van der Waals surface area contributed by atoms with E-state index in [0.29, 0.717) is 0 Å². The first-order chi connectivity index (χ1) is 5.91. The Morgan fingerprint density at radius 1 is 0.846 bits per heavy atom. The molecule has 0 saturated heterocycles. The molecule has 0 amide bonds. The van der Waals surface area contributed by atoms with Crippen molar-refractivity contribution in [3.05, 3.63) is 12.7 Å². The quantitative estimate of drug-likeness (QED) is 0.337. The summed E-state index contributed by atoms with van der Waals surface area (Å²) in [5, 5.41) is 0. The fourth-order valence-electron chi connectivity index (χ4n) is 1.42. The first-order valence-electron chi connectivity index (χ1n) is 5.52. The van der Waals surface area contributed by atoms with Crippen molar-refractivity contribution in [1.29, 1.82) is 0 Å². The van der Waals surface area contributed by atoms with Crippen LogP contribution in [0.4, 0.5) is 0 Å². The van der Waals surface area contributed by atoms with Gasteiger partial charge in [-0.25, -0.2) is 0 Å². The Morgan fingerprint density at radius 2 is 1.31 bits per heavy atom. The van der Waals surface area contributed by atoms with Crippen LogP contribution in [0.2, 0.25) is 0 Å². The first-order valence-corrected chi connectivity index (χ1v) is 5.52. The molecular weight excluding hydrogens is 272 g/mol. The summed E-state index contributed by atoms with van der Waals surface area (Å²) in [6.07, 6.45) is 14.5. The second-order valence-corrected chi connectivity index (χ2v) is 3.55. The van der Waals surface area contributed by atoms with E-state index < -0.39 is 0 Å². The van der Waals surface area contributed by atoms with Gasteiger partial charge in [-0.3, -0.25) is 0 Å². The minimum Gasteiger partial charge on any atom is -0.103 e. The standard InChI is InChI=1S/C12H24.Te/c1-3-5-7-9-11-12-10-8-6-4-2;/h3H,1,4-12H2,2H3;. The Morgan fingerprint density at radius 3 is 1.77 bits per heavy atom. The molecule has 0 N–H and O–H groups in total. The summed E-state index contributed by atoms with van der Waals surface area (Å²) in [6.45, 7) is 5.99. The molecule has 2 radical (unpaired) electrons. The maximum Gasteiger partial charge on any atom is 0 e. The van der Waals surface area contributed by atoms with E-state index in [1.54, 1.807) is 0 Å². The average Bonchev–Trinajstić information content (AvgIpc) is 2.10. The summed E-state index contributed by atoms with van der Waals surface area (Å²) in [7, 11) is 0. The van der Waals surface area contributed by atoms with Crippen molar-refractivity contribution < 1.29 is 0 Å². The fourth-order valence-corrected chi connectivity index (χ4v) is 1.42. The molecule has 0 spiro atoms. The molecule has 0 aromatic heterocycles. The second kappa shape index (κ2) is 15.0. The van der Waals surface area contributed by atoms with Crippen molar-refractivity contribution in [1.82, 2.24) is 0 Å². The zero-order chi connectivity index (χ0) is 9.07. The number of rotatable bonds is 9. The van der Waals surface area contributed by atoms with Crippen LogP contribution >= 0.6 is 0 Å². The number of unbranched alkanes of at least 4 members (excludes halogenated alkanes) is 8. The molecule has 0 aliphatic rings. The van der Waals surface area contributed by atoms with Gasteiger partial charge in [-0.1, -0.05) is 57.9 Å². The van der Waals surface area contributed by atoms with Crippen LogP contribution in [0, 0.1) is 0 Å². The molecule has 78 valence electrons. The van der Waals surface area contributed by atoms with E-state index in [1.807, 2.05) is 6.08 Å². The summed E-state index contributed by atoms with van der Waals surface area (Å²) >= 11 is 0. The van der Waals surface area contributed by atoms with Crippen LogP contribution in [0.1, 0.15) is 64.7 Å². The van der Waals surface area contributed by atoms with Crippen LogP contribution in [-0.4, -0.2) is 23.7 Å². The zero-order valence-electron chi connectivity index (χ0n) is 9.06. The Bertz CT molecular complexity index is 89.1. The van der Waals surface area contributed by atoms with Crippen molar-refractivity contribution in [3.8, 4) is 0 Å². The van der Waals surface area contributed by atoms with Gasteiger partial charge in [-0.05, 0) is 12.8 Å². The van der Waals surface area contributed by atoms with Crippen LogP contribution in [0.15, 0.2) is 12.7 Å². The van der Waals surface area contributed by atoms with Gasteiger partial charge in [0.15, 0.2) is 0 Å². The number of allylic oxidation sites excluding steroid dienone is 1. The number of hydrogen-bond acceptors (Lipinski definition) is 0. The fraction of sp³-hybridized carbons (Fsp3) is 0.833. The molecule has 1 heteroatoms. The van der Waals surface area contributed by atoms with E-state index >= 15 is 0 Å². The van der Waals surface area contributed by atoms with E-state index in [-0.39, 0.29) is 23.7 Å². The van der Waals surface area contributed by atoms with E-state index in [0.717, 1.165) is 0 Å². The van der Waals surface area contributed by atoms with Crippen LogP contribution < -0.4 is 0 Å². The molecule has 0 aromatic carbocycles. The first kappa shape index (κ1) is 16.0. The predicted molar refractivity (Wildman–Crippen MR) is 63.2 cm³/mol. The summed E-state index contributed by atoms with van der Waals surface area (Å²) in [6, 6.07) is 0. The minimum absolute atomic E-state index is 0. The summed E-state index contributed by atoms with van der Waals surface area (Å²) < 4.78 is 0. The summed E-state index contributed by atoms with van der Waals surface area (Å²) in [5.74, 6) is 0. The third-order valence-corrected chi connectivity index (χ3v) is 2.26. The second-order valence-electron chi connectivity index (χ2n) is 3.55. The maximum absolute atomic E-state index is 3.72. The third-order valence-electron chi connectivity index (χ3n) is 2.26. The Kier molecular flexibility index (Phi) is 18.5. The van der Waals surface area contributed by atoms with Gasteiger partial charge in [0.25, 0.3) is 0 Å². The molecule has 0 nitrogen and oxygen atoms in total. The van der Waals surface area contributed by atoms with Crippen LogP contribution in [-0.2, 0) is 0 Å². The number of hydrogen-bond donors (Lipinski definition) is 0. The summed E-state index contributed by atoms with van der Waals surface area (Å²) in [5.41, 5.74) is 0. The van der Waals surface area contributed by atoms with Crippen molar-refractivity contribution in [2.24, 2.45) is 0 Å². The van der Waals surface area contributed by atoms with E-state index in [2.05, 4.69) is 13.5 Å². The summed E-state index contributed by atoms with van der Waals surface area (Å²) in [4.78, 5) is 0. The van der Waals surface area contributed by atoms with Crippen LogP contribution in [0.3, 0.4) is 0 Å². The van der Waals surface area contributed by atoms with Crippen molar-refractivity contribution >= 4 is 23.7 Å². The maximum atomic E-state index is 3.72. The molecule has 13 heavy (non-hydrogen) atoms. The van der Waals surface area contributed by atoms with Gasteiger partial charge in [0.2, 0.25) is 0 Å². The zero-order valence-corrected chi connectivity index (χ0v) is 11.4. The smallest absolute Gasteiger partial charge is 0 e. The molecule has 0 atom stereocenters. The minimum atomic E-state index is 0. The SMILES string of the molecule is C=CCCCCCCCCCC.[Te]. The molecule has 0 rings (SSSR count). The Hall–Kier alpha value is 0.530. The predicted octanol–water partition coefficient (Wildman–Crippen LogP) is 4.32.